The number of Topliss-reactive ketones (excluding diaryl/α,β-unsaturated/α-hetero) is 1. The van der Waals surface area contributed by atoms with E-state index >= 15 is 0 Å². The van der Waals surface area contributed by atoms with Gasteiger partial charge in [-0.3, -0.25) is 9.59 Å². The topological polar surface area (TPSA) is 43.4 Å². The first kappa shape index (κ1) is 12.8. The number of benzene rings is 1. The molecule has 94 valence electrons. The number of hydrogen-bond donors (Lipinski definition) is 0. The lowest BCUT2D eigenvalue weighted by molar-refractivity contribution is 0.0880. The maximum absolute atomic E-state index is 12.1. The summed E-state index contributed by atoms with van der Waals surface area (Å²) in [6.07, 6.45) is 3.05. The predicted molar refractivity (Wildman–Crippen MR) is 69.1 cm³/mol. The largest absolute Gasteiger partial charge is 0.489 e. The van der Waals surface area contributed by atoms with E-state index < -0.39 is 0 Å². The zero-order valence-corrected chi connectivity index (χ0v) is 10.8. The van der Waals surface area contributed by atoms with Crippen molar-refractivity contribution in [2.45, 2.75) is 19.8 Å². The van der Waals surface area contributed by atoms with E-state index in [0.29, 0.717) is 17.2 Å². The minimum atomic E-state index is -0.276. The molecule has 18 heavy (non-hydrogen) atoms. The molecule has 0 unspecified atom stereocenters. The van der Waals surface area contributed by atoms with E-state index in [1.807, 2.05) is 6.92 Å². The van der Waals surface area contributed by atoms with Crippen molar-refractivity contribution >= 4 is 23.2 Å². The first-order valence-electron chi connectivity index (χ1n) is 5.87. The molecule has 1 aliphatic carbocycles. The van der Waals surface area contributed by atoms with Crippen LogP contribution in [0.2, 0.25) is 5.02 Å². The number of carbonyl (C=O) groups excluding carboxylic acids is 2. The van der Waals surface area contributed by atoms with Gasteiger partial charge in [0.2, 0.25) is 5.78 Å². The average molecular weight is 265 g/mol. The third-order valence-corrected chi connectivity index (χ3v) is 3.06. The second-order valence-corrected chi connectivity index (χ2v) is 4.47. The Labute approximate surface area is 110 Å². The van der Waals surface area contributed by atoms with Crippen molar-refractivity contribution in [1.82, 2.24) is 0 Å². The third-order valence-electron chi connectivity index (χ3n) is 2.75. The first-order chi connectivity index (χ1) is 8.65. The van der Waals surface area contributed by atoms with Crippen LogP contribution in [0.15, 0.2) is 30.0 Å². The molecule has 1 aromatic carbocycles. The molecule has 0 aromatic heterocycles. The predicted octanol–water partition coefficient (Wildman–Crippen LogP) is 3.42. The molecule has 1 aliphatic rings. The van der Waals surface area contributed by atoms with Crippen LogP contribution in [0.1, 0.15) is 40.5 Å². The minimum Gasteiger partial charge on any atom is -0.489 e. The molecule has 0 fully saturated rings. The van der Waals surface area contributed by atoms with Crippen LogP contribution in [0, 0.1) is 0 Å². The van der Waals surface area contributed by atoms with Gasteiger partial charge in [0.15, 0.2) is 11.5 Å². The van der Waals surface area contributed by atoms with Crippen molar-refractivity contribution in [3.8, 4) is 0 Å². The van der Waals surface area contributed by atoms with Crippen LogP contribution in [0.3, 0.4) is 0 Å². The normalized spacial score (nSPS) is 14.2. The molecule has 0 aliphatic heterocycles. The first-order valence-corrected chi connectivity index (χ1v) is 6.25. The number of hydrogen-bond acceptors (Lipinski definition) is 3. The van der Waals surface area contributed by atoms with E-state index in [2.05, 4.69) is 0 Å². The molecule has 0 spiro atoms. The smallest absolute Gasteiger partial charge is 0.228 e. The molecule has 0 radical (unpaired) electrons. The van der Waals surface area contributed by atoms with E-state index in [1.54, 1.807) is 18.2 Å². The quantitative estimate of drug-likeness (QED) is 0.783. The summed E-state index contributed by atoms with van der Waals surface area (Å²) in [5, 5.41) is 0.301. The molecule has 1 aromatic rings. The molecule has 2 rings (SSSR count). The highest BCUT2D eigenvalue weighted by Crippen LogP contribution is 2.27. The monoisotopic (exact) mass is 264 g/mol. The molecule has 0 bridgehead atoms. The van der Waals surface area contributed by atoms with Crippen LogP contribution in [-0.2, 0) is 4.74 Å². The maximum Gasteiger partial charge on any atom is 0.228 e. The Bertz CT molecular complexity index is 532. The van der Waals surface area contributed by atoms with Crippen LogP contribution >= 0.6 is 11.6 Å². The summed E-state index contributed by atoms with van der Waals surface area (Å²) in [7, 11) is 0. The molecule has 0 saturated carbocycles. The van der Waals surface area contributed by atoms with Gasteiger partial charge in [0.25, 0.3) is 0 Å². The number of carbonyl (C=O) groups is 2. The Morgan fingerprint density at radius 3 is 2.78 bits per heavy atom. The number of halogens is 1. The Balaban J connectivity index is 2.30. The highest BCUT2D eigenvalue weighted by Gasteiger charge is 2.28. The van der Waals surface area contributed by atoms with Gasteiger partial charge in [-0.05, 0) is 12.5 Å². The van der Waals surface area contributed by atoms with E-state index in [1.165, 1.54) is 6.08 Å². The van der Waals surface area contributed by atoms with E-state index in [9.17, 15) is 9.59 Å². The van der Waals surface area contributed by atoms with Crippen molar-refractivity contribution in [2.75, 3.05) is 6.61 Å². The van der Waals surface area contributed by atoms with Crippen molar-refractivity contribution in [1.29, 1.82) is 0 Å². The van der Waals surface area contributed by atoms with Gasteiger partial charge in [-0.2, -0.15) is 0 Å². The summed E-state index contributed by atoms with van der Waals surface area (Å²) in [4.78, 5) is 24.0. The number of allylic oxidation sites excluding steroid dienone is 2. The van der Waals surface area contributed by atoms with Crippen LogP contribution in [0.25, 0.3) is 0 Å². The van der Waals surface area contributed by atoms with Crippen molar-refractivity contribution in [2.24, 2.45) is 0 Å². The molecule has 0 atom stereocenters. The van der Waals surface area contributed by atoms with E-state index in [4.69, 9.17) is 16.3 Å². The van der Waals surface area contributed by atoms with Gasteiger partial charge in [-0.1, -0.05) is 37.1 Å². The second-order valence-electron chi connectivity index (χ2n) is 4.07. The standard InChI is InChI=1S/C14H13ClO3/c1-2-3-7-18-12-8-11(16)13-9(14(12)17)5-4-6-10(13)15/h4-6,8H,2-3,7H2,1H3. The Hall–Kier alpha value is -1.61. The van der Waals surface area contributed by atoms with Gasteiger partial charge >= 0.3 is 0 Å². The van der Waals surface area contributed by atoms with Crippen LogP contribution in [-0.4, -0.2) is 18.2 Å². The summed E-state index contributed by atoms with van der Waals surface area (Å²) in [6, 6.07) is 4.85. The van der Waals surface area contributed by atoms with Crippen molar-refractivity contribution < 1.29 is 14.3 Å². The average Bonchev–Trinajstić information content (AvgIpc) is 2.35. The summed E-state index contributed by atoms with van der Waals surface area (Å²) >= 11 is 5.93. The number of fused-ring (bicyclic) bond motifs is 1. The molecule has 4 heteroatoms. The van der Waals surface area contributed by atoms with Crippen molar-refractivity contribution in [3.63, 3.8) is 0 Å². The van der Waals surface area contributed by atoms with Crippen LogP contribution in [0.4, 0.5) is 0 Å². The van der Waals surface area contributed by atoms with Gasteiger partial charge < -0.3 is 4.74 Å². The molecule has 0 heterocycles. The third kappa shape index (κ3) is 2.31. The summed E-state index contributed by atoms with van der Waals surface area (Å²) in [5.74, 6) is -0.437. The molecule has 0 N–H and O–H groups in total. The van der Waals surface area contributed by atoms with Gasteiger partial charge in [0.05, 0.1) is 17.2 Å². The lowest BCUT2D eigenvalue weighted by atomic mass is 9.93. The van der Waals surface area contributed by atoms with Gasteiger partial charge in [0.1, 0.15) is 0 Å². The fourth-order valence-electron chi connectivity index (χ4n) is 1.79. The number of rotatable bonds is 4. The molecule has 0 amide bonds. The second kappa shape index (κ2) is 5.36. The molecular formula is C14H13ClO3. The zero-order chi connectivity index (χ0) is 13.1. The summed E-state index contributed by atoms with van der Waals surface area (Å²) in [6.45, 7) is 2.47. The van der Waals surface area contributed by atoms with Crippen LogP contribution < -0.4 is 0 Å². The minimum absolute atomic E-state index is 0.114. The molecular weight excluding hydrogens is 252 g/mol. The number of ether oxygens (including phenoxy) is 1. The fraction of sp³-hybridized carbons (Fsp3) is 0.286. The summed E-state index contributed by atoms with van der Waals surface area (Å²) < 4.78 is 5.35. The molecule has 0 saturated heterocycles. The fourth-order valence-corrected chi connectivity index (χ4v) is 2.05. The highest BCUT2D eigenvalue weighted by molar-refractivity contribution is 6.37. The Morgan fingerprint density at radius 1 is 1.28 bits per heavy atom. The lowest BCUT2D eigenvalue weighted by Crippen LogP contribution is -2.19. The lowest BCUT2D eigenvalue weighted by Gasteiger charge is -2.16. The van der Waals surface area contributed by atoms with Crippen molar-refractivity contribution in [3.05, 3.63) is 46.2 Å². The van der Waals surface area contributed by atoms with Crippen LogP contribution in [0.5, 0.6) is 0 Å². The van der Waals surface area contributed by atoms with Gasteiger partial charge in [0, 0.05) is 11.6 Å². The van der Waals surface area contributed by atoms with E-state index in [0.717, 1.165) is 12.8 Å². The maximum atomic E-state index is 12.1. The van der Waals surface area contributed by atoms with E-state index in [-0.39, 0.29) is 22.9 Å². The Morgan fingerprint density at radius 2 is 2.06 bits per heavy atom. The SMILES string of the molecule is CCCCOC1=CC(=O)c2c(Cl)cccc2C1=O. The summed E-state index contributed by atoms with van der Waals surface area (Å²) in [5.41, 5.74) is 0.591. The number of unbranched alkanes of at least 4 members (excludes halogenated alkanes) is 1. The zero-order valence-electron chi connectivity index (χ0n) is 10.0. The van der Waals surface area contributed by atoms with Gasteiger partial charge in [-0.25, -0.2) is 0 Å². The highest BCUT2D eigenvalue weighted by atomic mass is 35.5. The number of ketones is 2. The van der Waals surface area contributed by atoms with Gasteiger partial charge in [-0.15, -0.1) is 0 Å². The Kier molecular flexibility index (Phi) is 3.82. The molecule has 3 nitrogen and oxygen atoms in total.